The highest BCUT2D eigenvalue weighted by atomic mass is 32.2. The minimum Gasteiger partial charge on any atom is -0.384 e. The van der Waals surface area contributed by atoms with Crippen LogP contribution in [0.15, 0.2) is 22.0 Å². The second-order valence-electron chi connectivity index (χ2n) is 5.06. The molecule has 0 radical (unpaired) electrons. The number of nitrogens with one attached hydrogen (secondary N) is 1. The predicted molar refractivity (Wildman–Crippen MR) is 71.7 cm³/mol. The molecule has 1 aromatic rings. The zero-order chi connectivity index (χ0) is 14.3. The molecule has 0 saturated carbocycles. The summed E-state index contributed by atoms with van der Waals surface area (Å²) in [4.78, 5) is 8.15. The smallest absolute Gasteiger partial charge is 0.242 e. The molecule has 0 aliphatic carbocycles. The van der Waals surface area contributed by atoms with Crippen molar-refractivity contribution in [2.75, 3.05) is 6.54 Å². The second kappa shape index (κ2) is 4.66. The monoisotopic (exact) mass is 283 g/mol. The number of aliphatic imine (C=N–C) groups is 1. The van der Waals surface area contributed by atoms with E-state index in [-0.39, 0.29) is 17.5 Å². The number of aryl methyl sites for hydroxylation is 1. The summed E-state index contributed by atoms with van der Waals surface area (Å²) in [6.45, 7) is 5.09. The highest BCUT2D eigenvalue weighted by molar-refractivity contribution is 7.89. The van der Waals surface area contributed by atoms with Crippen LogP contribution in [-0.4, -0.2) is 37.3 Å². The predicted octanol–water partition coefficient (Wildman–Crippen LogP) is 0.349. The van der Waals surface area contributed by atoms with Gasteiger partial charge in [-0.05, 0) is 32.9 Å². The van der Waals surface area contributed by atoms with Gasteiger partial charge in [0.1, 0.15) is 10.5 Å². The Morgan fingerprint density at radius 3 is 2.53 bits per heavy atom. The Morgan fingerprint density at radius 2 is 2.05 bits per heavy atom. The number of aromatic nitrogens is 1. The molecular formula is C12H17N3O3S. The molecule has 0 spiro atoms. The van der Waals surface area contributed by atoms with Crippen molar-refractivity contribution in [2.24, 2.45) is 4.99 Å². The maximum Gasteiger partial charge on any atom is 0.242 e. The maximum absolute atomic E-state index is 12.1. The average molecular weight is 283 g/mol. The van der Waals surface area contributed by atoms with E-state index >= 15 is 0 Å². The minimum absolute atomic E-state index is 0.0151. The topological polar surface area (TPSA) is 91.7 Å². The first-order chi connectivity index (χ1) is 8.70. The molecule has 0 aromatic carbocycles. The molecule has 19 heavy (non-hydrogen) atoms. The van der Waals surface area contributed by atoms with E-state index in [0.717, 1.165) is 0 Å². The summed E-state index contributed by atoms with van der Waals surface area (Å²) in [6.07, 6.45) is 1.69. The molecule has 0 fully saturated rings. The van der Waals surface area contributed by atoms with Crippen molar-refractivity contribution >= 4 is 16.2 Å². The van der Waals surface area contributed by atoms with Gasteiger partial charge in [0.2, 0.25) is 10.0 Å². The van der Waals surface area contributed by atoms with E-state index in [1.54, 1.807) is 27.0 Å². The highest BCUT2D eigenvalue weighted by Gasteiger charge is 2.24. The van der Waals surface area contributed by atoms with Crippen molar-refractivity contribution in [2.45, 2.75) is 37.3 Å². The van der Waals surface area contributed by atoms with Crippen LogP contribution in [0.4, 0.5) is 0 Å². The number of aliphatic hydroxyl groups is 1. The molecule has 0 saturated heterocycles. The molecular weight excluding hydrogens is 266 g/mol. The summed E-state index contributed by atoms with van der Waals surface area (Å²) in [5.41, 5.74) is -0.291. The number of pyridine rings is 1. The Morgan fingerprint density at radius 1 is 1.42 bits per heavy atom. The molecule has 6 nitrogen and oxygen atoms in total. The molecule has 1 aliphatic rings. The molecule has 0 bridgehead atoms. The van der Waals surface area contributed by atoms with Gasteiger partial charge in [-0.1, -0.05) is 0 Å². The fraction of sp³-hybridized carbons (Fsp3) is 0.500. The van der Waals surface area contributed by atoms with Crippen LogP contribution in [0.2, 0.25) is 0 Å². The van der Waals surface area contributed by atoms with Gasteiger partial charge in [0.15, 0.2) is 0 Å². The summed E-state index contributed by atoms with van der Waals surface area (Å²) in [6, 6.07) is 2.97. The highest BCUT2D eigenvalue weighted by Crippen LogP contribution is 2.21. The van der Waals surface area contributed by atoms with E-state index in [4.69, 9.17) is 0 Å². The second-order valence-corrected chi connectivity index (χ2v) is 6.79. The lowest BCUT2D eigenvalue weighted by Gasteiger charge is -2.18. The van der Waals surface area contributed by atoms with Gasteiger partial charge in [-0.3, -0.25) is 9.98 Å². The molecule has 7 heteroatoms. The summed E-state index contributed by atoms with van der Waals surface area (Å²) < 4.78 is 26.6. The number of rotatable bonds is 5. The first-order valence-electron chi connectivity index (χ1n) is 5.93. The minimum atomic E-state index is -3.58. The van der Waals surface area contributed by atoms with Crippen molar-refractivity contribution in [3.05, 3.63) is 23.5 Å². The van der Waals surface area contributed by atoms with E-state index in [0.29, 0.717) is 11.4 Å². The van der Waals surface area contributed by atoms with E-state index in [2.05, 4.69) is 14.7 Å². The molecule has 2 N–H and O–H groups in total. The van der Waals surface area contributed by atoms with Crippen LogP contribution in [0, 0.1) is 6.92 Å². The average Bonchev–Trinajstić information content (AvgIpc) is 3.08. The largest absolute Gasteiger partial charge is 0.384 e. The van der Waals surface area contributed by atoms with Gasteiger partial charge >= 0.3 is 0 Å². The third-order valence-corrected chi connectivity index (χ3v) is 4.35. The zero-order valence-electron chi connectivity index (χ0n) is 11.1. The maximum atomic E-state index is 12.1. The Balaban J connectivity index is 2.24. The lowest BCUT2D eigenvalue weighted by Crippen LogP contribution is -2.29. The van der Waals surface area contributed by atoms with E-state index in [9.17, 15) is 13.5 Å². The summed E-state index contributed by atoms with van der Waals surface area (Å²) >= 11 is 0. The van der Waals surface area contributed by atoms with Crippen molar-refractivity contribution in [3.8, 4) is 0 Å². The number of hydrogen-bond donors (Lipinski definition) is 2. The fourth-order valence-electron chi connectivity index (χ4n) is 1.61. The third kappa shape index (κ3) is 3.37. The van der Waals surface area contributed by atoms with E-state index in [1.165, 1.54) is 12.1 Å². The van der Waals surface area contributed by atoms with Crippen LogP contribution in [0.1, 0.15) is 25.2 Å². The van der Waals surface area contributed by atoms with Crippen LogP contribution >= 0.6 is 0 Å². The van der Waals surface area contributed by atoms with Crippen LogP contribution < -0.4 is 4.72 Å². The Hall–Kier alpha value is -1.31. The van der Waals surface area contributed by atoms with Gasteiger partial charge in [0, 0.05) is 12.8 Å². The number of hydrogen-bond acceptors (Lipinski definition) is 5. The number of sulfonamides is 1. The third-order valence-electron chi connectivity index (χ3n) is 2.80. The Labute approximate surface area is 112 Å². The molecule has 104 valence electrons. The van der Waals surface area contributed by atoms with E-state index < -0.39 is 15.6 Å². The van der Waals surface area contributed by atoms with Gasteiger partial charge in [0.05, 0.1) is 17.4 Å². The molecule has 2 rings (SSSR count). The fourth-order valence-corrected chi connectivity index (χ4v) is 2.84. The molecule has 0 amide bonds. The standard InChI is InChI=1S/C12H17N3O3S/c1-8-10(4-5-11(15-8)12(2,3)16)19(17,18)14-7-9-6-13-9/h4-6,9,14,16H,7H2,1-3H3. The Kier molecular flexibility index (Phi) is 3.46. The van der Waals surface area contributed by atoms with Crippen LogP contribution in [0.5, 0.6) is 0 Å². The summed E-state index contributed by atoms with van der Waals surface area (Å²) in [5, 5.41) is 9.85. The lowest BCUT2D eigenvalue weighted by molar-refractivity contribution is 0.0735. The zero-order valence-corrected chi connectivity index (χ0v) is 11.9. The molecule has 1 atom stereocenters. The van der Waals surface area contributed by atoms with Crippen molar-refractivity contribution < 1.29 is 13.5 Å². The van der Waals surface area contributed by atoms with Crippen molar-refractivity contribution in [1.29, 1.82) is 0 Å². The van der Waals surface area contributed by atoms with Gasteiger partial charge in [0.25, 0.3) is 0 Å². The summed E-state index contributed by atoms with van der Waals surface area (Å²) in [5.74, 6) is 0. The lowest BCUT2D eigenvalue weighted by atomic mass is 10.0. The molecule has 1 aromatic heterocycles. The first-order valence-corrected chi connectivity index (χ1v) is 7.42. The van der Waals surface area contributed by atoms with Gasteiger partial charge < -0.3 is 5.11 Å². The normalized spacial score (nSPS) is 18.6. The first kappa shape index (κ1) is 14.1. The van der Waals surface area contributed by atoms with Crippen LogP contribution in [0.25, 0.3) is 0 Å². The molecule has 1 aliphatic heterocycles. The van der Waals surface area contributed by atoms with E-state index in [1.807, 2.05) is 0 Å². The van der Waals surface area contributed by atoms with Gasteiger partial charge in [-0.15, -0.1) is 0 Å². The van der Waals surface area contributed by atoms with Crippen molar-refractivity contribution in [3.63, 3.8) is 0 Å². The van der Waals surface area contributed by atoms with Gasteiger partial charge in [-0.2, -0.15) is 0 Å². The van der Waals surface area contributed by atoms with Crippen LogP contribution in [0.3, 0.4) is 0 Å². The van der Waals surface area contributed by atoms with Crippen molar-refractivity contribution in [1.82, 2.24) is 9.71 Å². The molecule has 1 unspecified atom stereocenters. The SMILES string of the molecule is Cc1nc(C(C)(C)O)ccc1S(=O)(=O)NCC1C=N1. The number of nitrogens with zero attached hydrogens (tertiary/aromatic N) is 2. The molecule has 2 heterocycles. The quantitative estimate of drug-likeness (QED) is 0.815. The Bertz CT molecular complexity index is 612. The summed E-state index contributed by atoms with van der Waals surface area (Å²) in [7, 11) is -3.58. The van der Waals surface area contributed by atoms with Crippen LogP contribution in [-0.2, 0) is 15.6 Å². The van der Waals surface area contributed by atoms with Gasteiger partial charge in [-0.25, -0.2) is 13.1 Å².